The summed E-state index contributed by atoms with van der Waals surface area (Å²) >= 11 is 0. The van der Waals surface area contributed by atoms with Crippen molar-refractivity contribution in [2.24, 2.45) is 0 Å². The normalized spacial score (nSPS) is 10.9. The summed E-state index contributed by atoms with van der Waals surface area (Å²) in [7, 11) is 0. The van der Waals surface area contributed by atoms with Crippen molar-refractivity contribution < 1.29 is 20.1 Å². The molecule has 0 amide bonds. The fourth-order valence-corrected chi connectivity index (χ4v) is 8.27. The van der Waals surface area contributed by atoms with Gasteiger partial charge in [-0.05, 0) is 93.7 Å². The molecular formula is C59H43IrN4. The Morgan fingerprint density at radius 1 is 0.375 bits per heavy atom. The molecule has 0 saturated carbocycles. The van der Waals surface area contributed by atoms with Gasteiger partial charge in [-0.15, -0.1) is 108 Å². The first-order valence-corrected chi connectivity index (χ1v) is 21.5. The van der Waals surface area contributed by atoms with E-state index in [9.17, 15) is 0 Å². The van der Waals surface area contributed by atoms with E-state index in [1.54, 1.807) is 0 Å². The number of nitrogens with zero attached hydrogens (tertiary/aromatic N) is 4. The maximum atomic E-state index is 5.08. The monoisotopic (exact) mass is 1000 g/mol. The number of imidazole rings is 1. The summed E-state index contributed by atoms with van der Waals surface area (Å²) in [4.78, 5) is 14.7. The second-order valence-electron chi connectivity index (χ2n) is 15.7. The van der Waals surface area contributed by atoms with E-state index in [0.29, 0.717) is 0 Å². The van der Waals surface area contributed by atoms with Gasteiger partial charge in [0.05, 0.1) is 11.5 Å². The third-order valence-corrected chi connectivity index (χ3v) is 11.5. The van der Waals surface area contributed by atoms with Crippen molar-refractivity contribution in [3.8, 4) is 73.1 Å². The first-order valence-electron chi connectivity index (χ1n) is 21.5. The van der Waals surface area contributed by atoms with Gasteiger partial charge in [0.2, 0.25) is 0 Å². The van der Waals surface area contributed by atoms with E-state index in [1.807, 2.05) is 73.2 Å². The van der Waals surface area contributed by atoms with Gasteiger partial charge in [-0.1, -0.05) is 109 Å². The number of hydrogen-bond donors (Lipinski definition) is 0. The van der Waals surface area contributed by atoms with Crippen molar-refractivity contribution in [2.75, 3.05) is 0 Å². The molecule has 10 aromatic rings. The van der Waals surface area contributed by atoms with Crippen molar-refractivity contribution in [1.82, 2.24) is 19.5 Å². The van der Waals surface area contributed by atoms with Crippen LogP contribution in [0.5, 0.6) is 0 Å². The molecule has 3 aromatic heterocycles. The third-order valence-electron chi connectivity index (χ3n) is 11.5. The largest absolute Gasteiger partial charge is 3.00 e. The summed E-state index contributed by atoms with van der Waals surface area (Å²) < 4.78 is 2.28. The van der Waals surface area contributed by atoms with Crippen LogP contribution in [0.1, 0.15) is 22.3 Å². The molecule has 0 N–H and O–H groups in total. The maximum absolute atomic E-state index is 5.08. The Morgan fingerprint density at radius 2 is 0.875 bits per heavy atom. The summed E-state index contributed by atoms with van der Waals surface area (Å²) in [6.45, 7) is 0. The summed E-state index contributed by atoms with van der Waals surface area (Å²) in [5.41, 5.74) is 17.6. The summed E-state index contributed by atoms with van der Waals surface area (Å²) in [5, 5.41) is 0. The van der Waals surface area contributed by atoms with Gasteiger partial charge >= 0.3 is 20.1 Å². The van der Waals surface area contributed by atoms with Crippen LogP contribution in [-0.4, -0.2) is 19.5 Å². The number of aryl methyl sites for hydroxylation is 4. The van der Waals surface area contributed by atoms with Crippen molar-refractivity contribution >= 4 is 0 Å². The molecule has 0 fully saturated rings. The molecule has 4 nitrogen and oxygen atoms in total. The molecule has 0 aliphatic carbocycles. The van der Waals surface area contributed by atoms with Gasteiger partial charge in [0, 0.05) is 29.8 Å². The van der Waals surface area contributed by atoms with Gasteiger partial charge in [-0.25, -0.2) is 0 Å². The number of hydrogen-bond acceptors (Lipinski definition) is 3. The minimum atomic E-state index is 0. The molecule has 0 spiro atoms. The second kappa shape index (κ2) is 19.8. The van der Waals surface area contributed by atoms with Gasteiger partial charge in [-0.3, -0.25) is 4.98 Å². The molecule has 10 rings (SSSR count). The van der Waals surface area contributed by atoms with Crippen molar-refractivity contribution in [1.29, 1.82) is 0 Å². The average Bonchev–Trinajstić information content (AvgIpc) is 3.82. The van der Waals surface area contributed by atoms with E-state index in [1.165, 1.54) is 38.9 Å². The zero-order valence-corrected chi connectivity index (χ0v) is 37.6. The number of aromatic nitrogens is 4. The van der Waals surface area contributed by atoms with Crippen LogP contribution in [-0.2, 0) is 45.8 Å². The van der Waals surface area contributed by atoms with Crippen LogP contribution in [0.3, 0.4) is 0 Å². The molecule has 308 valence electrons. The fourth-order valence-electron chi connectivity index (χ4n) is 8.27. The van der Waals surface area contributed by atoms with Crippen molar-refractivity contribution in [3.63, 3.8) is 0 Å². The molecule has 0 aliphatic rings. The average molecular weight is 1000 g/mol. The van der Waals surface area contributed by atoms with Crippen molar-refractivity contribution in [3.05, 3.63) is 253 Å². The molecule has 0 radical (unpaired) electrons. The zero-order chi connectivity index (χ0) is 42.2. The number of rotatable bonds is 13. The predicted octanol–water partition coefficient (Wildman–Crippen LogP) is 13.6. The third kappa shape index (κ3) is 9.52. The Morgan fingerprint density at radius 3 is 1.41 bits per heavy atom. The molecule has 0 aliphatic heterocycles. The van der Waals surface area contributed by atoms with Gasteiger partial charge in [0.15, 0.2) is 0 Å². The standard InChI is InChI=1S/C59H43N4.Ir/c1-5-15-47(16-6-1)48-31-33-53(34-32-48)63-58(42-62-59(63)51-21-11-4-12-22-51)55-24-14-13-23-54(55)52-38-45(27-25-43-29-35-56(60-40-43)49-17-7-2-8-18-49)37-46(39-52)28-26-44-30-36-57(61-41-44)50-19-9-3-10-20-50;/h1-17,19,21,23-24,29-42H,25-28H2;/q-3;+3. The summed E-state index contributed by atoms with van der Waals surface area (Å²) in [5.74, 6) is 0.844. The molecule has 5 heteroatoms. The smallest absolute Gasteiger partial charge is 0.333 e. The van der Waals surface area contributed by atoms with Crippen LogP contribution >= 0.6 is 0 Å². The van der Waals surface area contributed by atoms with Crippen LogP contribution < -0.4 is 0 Å². The molecule has 0 unspecified atom stereocenters. The van der Waals surface area contributed by atoms with Gasteiger partial charge in [0.25, 0.3) is 0 Å². The van der Waals surface area contributed by atoms with E-state index in [-0.39, 0.29) is 20.1 Å². The zero-order valence-electron chi connectivity index (χ0n) is 35.2. The summed E-state index contributed by atoms with van der Waals surface area (Å²) in [6.07, 6.45) is 9.54. The van der Waals surface area contributed by atoms with Crippen LogP contribution in [0.2, 0.25) is 0 Å². The van der Waals surface area contributed by atoms with E-state index in [2.05, 4.69) is 162 Å². The molecule has 7 aromatic carbocycles. The van der Waals surface area contributed by atoms with Crippen LogP contribution in [0.4, 0.5) is 0 Å². The molecule has 3 heterocycles. The van der Waals surface area contributed by atoms with Gasteiger partial charge < -0.3 is 14.5 Å². The van der Waals surface area contributed by atoms with Crippen LogP contribution in [0.15, 0.2) is 213 Å². The predicted molar refractivity (Wildman–Crippen MR) is 256 cm³/mol. The van der Waals surface area contributed by atoms with Gasteiger partial charge in [-0.2, -0.15) is 0 Å². The molecule has 0 bridgehead atoms. The Labute approximate surface area is 389 Å². The Bertz CT molecular complexity index is 2950. The SMILES string of the molecule is [Ir+3].[c-]1ccccc1-c1ccc(CCc2cc(CCc3ccc(-c4[c-]cccc4)nc3)cc(-c3ccccc3-c3cnc(-c4[c-]cccc4)n3-c3ccc(-c4ccccc4)cc3)c2)cn1. The van der Waals surface area contributed by atoms with E-state index in [0.717, 1.165) is 82.1 Å². The van der Waals surface area contributed by atoms with Crippen LogP contribution in [0.25, 0.3) is 73.1 Å². The second-order valence-corrected chi connectivity index (χ2v) is 15.7. The Balaban J connectivity index is 0.00000518. The molecule has 0 atom stereocenters. The topological polar surface area (TPSA) is 43.6 Å². The van der Waals surface area contributed by atoms with Crippen LogP contribution in [0, 0.1) is 18.2 Å². The quantitative estimate of drug-likeness (QED) is 0.108. The molecule has 64 heavy (non-hydrogen) atoms. The fraction of sp³-hybridized carbons (Fsp3) is 0.0678. The number of pyridine rings is 2. The first-order chi connectivity index (χ1) is 31.2. The van der Waals surface area contributed by atoms with E-state index < -0.39 is 0 Å². The maximum Gasteiger partial charge on any atom is 3.00 e. The first kappa shape index (κ1) is 42.0. The van der Waals surface area contributed by atoms with Gasteiger partial charge in [0.1, 0.15) is 0 Å². The van der Waals surface area contributed by atoms with Crippen molar-refractivity contribution in [2.45, 2.75) is 25.7 Å². The van der Waals surface area contributed by atoms with E-state index in [4.69, 9.17) is 15.0 Å². The molecular weight excluding hydrogens is 957 g/mol. The summed E-state index contributed by atoms with van der Waals surface area (Å²) in [6, 6.07) is 77.8. The van der Waals surface area contributed by atoms with E-state index >= 15 is 0 Å². The Hall–Kier alpha value is -7.30. The molecule has 0 saturated heterocycles. The minimum Gasteiger partial charge on any atom is -0.333 e. The minimum absolute atomic E-state index is 0. The number of benzene rings is 7. The Kier molecular flexibility index (Phi) is 13.0.